The first kappa shape index (κ1) is 15.2. The maximum atomic E-state index is 11.8. The molecule has 8 heteroatoms. The highest BCUT2D eigenvalue weighted by molar-refractivity contribution is 7.53. The second kappa shape index (κ2) is 6.75. The van der Waals surface area contributed by atoms with Crippen molar-refractivity contribution in [1.82, 2.24) is 0 Å². The summed E-state index contributed by atoms with van der Waals surface area (Å²) in [6.45, 7) is 0. The van der Waals surface area contributed by atoms with Gasteiger partial charge in [0.05, 0.1) is 6.16 Å². The van der Waals surface area contributed by atoms with Gasteiger partial charge in [0.15, 0.2) is 0 Å². The van der Waals surface area contributed by atoms with E-state index < -0.39 is 16.4 Å². The van der Waals surface area contributed by atoms with Gasteiger partial charge in [0.2, 0.25) is 0 Å². The fraction of sp³-hybridized carbons (Fsp3) is 1.00. The molecule has 0 fully saturated rings. The molecule has 0 radical (unpaired) electrons. The van der Waals surface area contributed by atoms with Crippen molar-refractivity contribution in [3.63, 3.8) is 0 Å². The summed E-state index contributed by atoms with van der Waals surface area (Å²) in [7, 11) is 1.49. The molecule has 0 aliphatic heterocycles. The second-order valence-corrected chi connectivity index (χ2v) is 8.24. The van der Waals surface area contributed by atoms with E-state index >= 15 is 0 Å². The van der Waals surface area contributed by atoms with Gasteiger partial charge in [0.1, 0.15) is 0 Å². The van der Waals surface area contributed by atoms with E-state index in [-0.39, 0.29) is 6.16 Å². The molecule has 0 unspecified atom stereocenters. The summed E-state index contributed by atoms with van der Waals surface area (Å²) in [5.41, 5.74) is 0. The maximum absolute atomic E-state index is 11.8. The molecule has 15 heavy (non-hydrogen) atoms. The fourth-order valence-electron chi connectivity index (χ4n) is 1.09. The van der Waals surface area contributed by atoms with Crippen molar-refractivity contribution < 1.29 is 26.9 Å². The quantitative estimate of drug-likeness (QED) is 0.484. The molecule has 0 aliphatic rings. The van der Waals surface area contributed by atoms with Gasteiger partial charge in [-0.3, -0.25) is 4.57 Å². The van der Waals surface area contributed by atoms with E-state index in [2.05, 4.69) is 0 Å². The summed E-state index contributed by atoms with van der Waals surface area (Å²) >= 11 is 0. The van der Waals surface area contributed by atoms with Crippen LogP contribution in [0.15, 0.2) is 0 Å². The molecule has 0 aromatic carbocycles. The predicted molar refractivity (Wildman–Crippen MR) is 58.1 cm³/mol. The first-order valence-corrected chi connectivity index (χ1v) is 8.03. The smallest absolute Gasteiger partial charge is 0.377 e. The summed E-state index contributed by atoms with van der Waals surface area (Å²) in [6.07, 6.45) is 0.210. The van der Waals surface area contributed by atoms with Crippen LogP contribution in [0.25, 0.3) is 0 Å². The lowest BCUT2D eigenvalue weighted by atomic mass is 11.0. The van der Waals surface area contributed by atoms with E-state index in [1.807, 2.05) is 0 Å². The molecular formula is C7H19O6PSi. The van der Waals surface area contributed by atoms with E-state index in [0.717, 1.165) is 0 Å². The lowest BCUT2D eigenvalue weighted by molar-refractivity contribution is 0.124. The summed E-state index contributed by atoms with van der Waals surface area (Å²) in [5, 5.41) is 0. The predicted octanol–water partition coefficient (Wildman–Crippen LogP) is 1.35. The van der Waals surface area contributed by atoms with E-state index in [1.165, 1.54) is 35.5 Å². The third kappa shape index (κ3) is 4.32. The molecule has 0 aliphatic carbocycles. The molecule has 92 valence electrons. The van der Waals surface area contributed by atoms with Crippen molar-refractivity contribution in [3.05, 3.63) is 0 Å². The number of hydrogen-bond donors (Lipinski definition) is 0. The van der Waals surface area contributed by atoms with Crippen molar-refractivity contribution in [2.75, 3.05) is 41.7 Å². The Kier molecular flexibility index (Phi) is 6.86. The minimum atomic E-state index is -3.02. The third-order valence-electron chi connectivity index (χ3n) is 2.18. The highest BCUT2D eigenvalue weighted by Crippen LogP contribution is 2.47. The lowest BCUT2D eigenvalue weighted by Gasteiger charge is -2.25. The summed E-state index contributed by atoms with van der Waals surface area (Å²) in [4.78, 5) is 0. The van der Waals surface area contributed by atoms with Crippen LogP contribution in [-0.2, 0) is 26.9 Å². The molecule has 0 saturated carbocycles. The Labute approximate surface area is 91.7 Å². The molecule has 6 nitrogen and oxygen atoms in total. The van der Waals surface area contributed by atoms with Crippen molar-refractivity contribution >= 4 is 16.4 Å². The molecular weight excluding hydrogens is 239 g/mol. The van der Waals surface area contributed by atoms with Gasteiger partial charge in [-0.05, 0) is 0 Å². The molecule has 0 rings (SSSR count). The van der Waals surface area contributed by atoms with Gasteiger partial charge in [0, 0.05) is 41.6 Å². The average Bonchev–Trinajstić information content (AvgIpc) is 2.31. The van der Waals surface area contributed by atoms with Crippen molar-refractivity contribution in [1.29, 1.82) is 0 Å². The van der Waals surface area contributed by atoms with E-state index in [1.54, 1.807) is 0 Å². The van der Waals surface area contributed by atoms with Gasteiger partial charge in [0.25, 0.3) is 0 Å². The van der Waals surface area contributed by atoms with Crippen LogP contribution in [0.4, 0.5) is 0 Å². The number of hydrogen-bond acceptors (Lipinski definition) is 6. The monoisotopic (exact) mass is 258 g/mol. The van der Waals surface area contributed by atoms with Crippen LogP contribution in [0.5, 0.6) is 0 Å². The zero-order valence-electron chi connectivity index (χ0n) is 9.81. The van der Waals surface area contributed by atoms with Gasteiger partial charge < -0.3 is 22.3 Å². The van der Waals surface area contributed by atoms with Gasteiger partial charge in [-0.1, -0.05) is 0 Å². The van der Waals surface area contributed by atoms with E-state index in [9.17, 15) is 4.57 Å². The van der Waals surface area contributed by atoms with Gasteiger partial charge in [-0.15, -0.1) is 0 Å². The molecule has 0 heterocycles. The molecule has 0 spiro atoms. The SMILES string of the molecule is CO[Si](CCP(=O)(OC)OC)(OC)OC. The van der Waals surface area contributed by atoms with Crippen molar-refractivity contribution in [2.24, 2.45) is 0 Å². The maximum Gasteiger partial charge on any atom is 0.500 e. The second-order valence-electron chi connectivity index (χ2n) is 2.75. The Balaban J connectivity index is 4.39. The van der Waals surface area contributed by atoms with Gasteiger partial charge in [-0.2, -0.15) is 0 Å². The minimum absolute atomic E-state index is 0.210. The molecule has 0 atom stereocenters. The number of rotatable bonds is 8. The largest absolute Gasteiger partial charge is 0.500 e. The standard InChI is InChI=1S/C7H19O6PSi/c1-9-14(8,10-2)6-7-15(11-3,12-4)13-5/h6-7H2,1-5H3. The molecule has 0 bridgehead atoms. The van der Waals surface area contributed by atoms with Crippen LogP contribution < -0.4 is 0 Å². The fourth-order valence-corrected chi connectivity index (χ4v) is 4.90. The van der Waals surface area contributed by atoms with Crippen LogP contribution in [0.3, 0.4) is 0 Å². The van der Waals surface area contributed by atoms with E-state index in [4.69, 9.17) is 22.3 Å². The summed E-state index contributed by atoms with van der Waals surface area (Å²) in [5.74, 6) is 0. The van der Waals surface area contributed by atoms with Crippen LogP contribution in [-0.4, -0.2) is 50.5 Å². The zero-order valence-corrected chi connectivity index (χ0v) is 11.7. The van der Waals surface area contributed by atoms with Crippen LogP contribution in [0, 0.1) is 0 Å². The van der Waals surface area contributed by atoms with Crippen molar-refractivity contribution in [2.45, 2.75) is 6.04 Å². The normalized spacial score (nSPS) is 13.1. The summed E-state index contributed by atoms with van der Waals surface area (Å²) in [6, 6.07) is 0.384. The molecule has 0 amide bonds. The summed E-state index contributed by atoms with van der Waals surface area (Å²) < 4.78 is 36.9. The Morgan fingerprint density at radius 2 is 1.33 bits per heavy atom. The van der Waals surface area contributed by atoms with E-state index in [0.29, 0.717) is 6.04 Å². The van der Waals surface area contributed by atoms with Gasteiger partial charge >= 0.3 is 16.4 Å². The van der Waals surface area contributed by atoms with Crippen LogP contribution in [0.1, 0.15) is 0 Å². The Morgan fingerprint density at radius 1 is 0.933 bits per heavy atom. The van der Waals surface area contributed by atoms with Crippen molar-refractivity contribution in [3.8, 4) is 0 Å². The zero-order chi connectivity index (χ0) is 11.9. The highest BCUT2D eigenvalue weighted by atomic mass is 31.2. The first-order chi connectivity index (χ1) is 7.01. The topological polar surface area (TPSA) is 63.2 Å². The minimum Gasteiger partial charge on any atom is -0.377 e. The molecule has 0 aromatic heterocycles. The lowest BCUT2D eigenvalue weighted by Crippen LogP contribution is -2.43. The van der Waals surface area contributed by atoms with Crippen LogP contribution >= 0.6 is 7.60 Å². The first-order valence-electron chi connectivity index (χ1n) is 4.37. The Hall–Kier alpha value is 0.247. The molecule has 0 N–H and O–H groups in total. The molecule has 0 saturated heterocycles. The Morgan fingerprint density at radius 3 is 1.60 bits per heavy atom. The molecule has 0 aromatic rings. The Bertz CT molecular complexity index is 203. The van der Waals surface area contributed by atoms with Gasteiger partial charge in [-0.25, -0.2) is 0 Å². The van der Waals surface area contributed by atoms with Crippen LogP contribution in [0.2, 0.25) is 6.04 Å². The highest BCUT2D eigenvalue weighted by Gasteiger charge is 2.40. The third-order valence-corrected chi connectivity index (χ3v) is 7.21. The average molecular weight is 258 g/mol.